The summed E-state index contributed by atoms with van der Waals surface area (Å²) in [6.07, 6.45) is -4.83. The highest BCUT2D eigenvalue weighted by Gasteiger charge is 2.30. The van der Waals surface area contributed by atoms with Gasteiger partial charge in [0.25, 0.3) is 0 Å². The van der Waals surface area contributed by atoms with Gasteiger partial charge in [0.2, 0.25) is 5.78 Å². The quantitative estimate of drug-likeness (QED) is 0.463. The Balaban J connectivity index is 1.76. The summed E-state index contributed by atoms with van der Waals surface area (Å²) < 4.78 is 44.3. The van der Waals surface area contributed by atoms with Gasteiger partial charge in [0, 0.05) is 5.56 Å². The molecule has 1 atom stereocenters. The van der Waals surface area contributed by atoms with Crippen LogP contribution in [0.5, 0.6) is 0 Å². The molecule has 0 aliphatic carbocycles. The molecule has 0 aliphatic rings. The van der Waals surface area contributed by atoms with Crippen LogP contribution >= 0.6 is 11.3 Å². The van der Waals surface area contributed by atoms with Crippen LogP contribution in [0.2, 0.25) is 0 Å². The van der Waals surface area contributed by atoms with E-state index in [4.69, 9.17) is 4.74 Å². The molecular weight excluding hydrogens is 373 g/mol. The van der Waals surface area contributed by atoms with Crippen molar-refractivity contribution in [2.24, 2.45) is 0 Å². The molecule has 1 unspecified atom stereocenters. The van der Waals surface area contributed by atoms with Gasteiger partial charge in [0.05, 0.1) is 23.2 Å². The first-order valence-electron chi connectivity index (χ1n) is 8.31. The largest absolute Gasteiger partial charge is 0.416 e. The van der Waals surface area contributed by atoms with Crippen molar-refractivity contribution in [2.45, 2.75) is 25.8 Å². The molecule has 140 valence electrons. The molecule has 0 amide bonds. The van der Waals surface area contributed by atoms with Gasteiger partial charge >= 0.3 is 6.18 Å². The van der Waals surface area contributed by atoms with Crippen LogP contribution in [0.15, 0.2) is 66.0 Å². The Hall–Kier alpha value is -2.44. The van der Waals surface area contributed by atoms with Crippen LogP contribution in [0.1, 0.15) is 45.0 Å². The summed E-state index contributed by atoms with van der Waals surface area (Å²) in [5.74, 6) is -0.0879. The lowest BCUT2D eigenvalue weighted by Crippen LogP contribution is -2.09. The molecule has 0 radical (unpaired) electrons. The summed E-state index contributed by atoms with van der Waals surface area (Å²) in [6, 6.07) is 15.8. The van der Waals surface area contributed by atoms with E-state index in [0.717, 1.165) is 12.1 Å². The molecule has 2 aromatic carbocycles. The minimum atomic E-state index is -4.39. The van der Waals surface area contributed by atoms with Gasteiger partial charge in [-0.3, -0.25) is 4.79 Å². The Bertz CT molecular complexity index is 917. The third-order valence-electron chi connectivity index (χ3n) is 4.14. The number of rotatable bonds is 6. The van der Waals surface area contributed by atoms with Crippen LogP contribution in [0.4, 0.5) is 13.2 Å². The van der Waals surface area contributed by atoms with Gasteiger partial charge in [-0.25, -0.2) is 0 Å². The van der Waals surface area contributed by atoms with Crippen LogP contribution in [0, 0.1) is 0 Å². The highest BCUT2D eigenvalue weighted by Crippen LogP contribution is 2.30. The maximum atomic E-state index is 12.8. The van der Waals surface area contributed by atoms with E-state index in [0.29, 0.717) is 21.6 Å². The van der Waals surface area contributed by atoms with Gasteiger partial charge in [-0.1, -0.05) is 42.5 Å². The van der Waals surface area contributed by atoms with Crippen molar-refractivity contribution in [3.63, 3.8) is 0 Å². The predicted octanol–water partition coefficient (Wildman–Crippen LogP) is 6.28. The van der Waals surface area contributed by atoms with Crippen molar-refractivity contribution in [1.29, 1.82) is 0 Å². The van der Waals surface area contributed by atoms with Gasteiger partial charge in [0.1, 0.15) is 0 Å². The summed E-state index contributed by atoms with van der Waals surface area (Å²) in [7, 11) is 0. The van der Waals surface area contributed by atoms with Crippen molar-refractivity contribution in [3.8, 4) is 0 Å². The fourth-order valence-corrected chi connectivity index (χ4v) is 3.43. The lowest BCUT2D eigenvalue weighted by molar-refractivity contribution is -0.137. The monoisotopic (exact) mass is 390 g/mol. The zero-order valence-corrected chi connectivity index (χ0v) is 15.3. The first kappa shape index (κ1) is 19.3. The molecule has 3 rings (SSSR count). The molecule has 3 aromatic rings. The molecular formula is C21H17F3O2S. The molecule has 0 saturated heterocycles. The molecule has 0 spiro atoms. The van der Waals surface area contributed by atoms with Gasteiger partial charge in [-0.2, -0.15) is 13.2 Å². The number of alkyl halides is 3. The number of carbonyl (C=O) groups excluding carboxylic acids is 1. The maximum absolute atomic E-state index is 12.8. The predicted molar refractivity (Wildman–Crippen MR) is 98.8 cm³/mol. The molecule has 0 fully saturated rings. The van der Waals surface area contributed by atoms with Gasteiger partial charge in [0.15, 0.2) is 0 Å². The number of hydrogen-bond donors (Lipinski definition) is 0. The van der Waals surface area contributed by atoms with E-state index in [1.165, 1.54) is 17.4 Å². The van der Waals surface area contributed by atoms with Crippen LogP contribution in [-0.2, 0) is 17.5 Å². The Kier molecular flexibility index (Phi) is 5.77. The number of halogens is 3. The summed E-state index contributed by atoms with van der Waals surface area (Å²) in [5, 5.41) is 1.84. The zero-order chi connectivity index (χ0) is 19.4. The number of ether oxygens (including phenoxy) is 1. The van der Waals surface area contributed by atoms with Crippen molar-refractivity contribution in [2.75, 3.05) is 0 Å². The summed E-state index contributed by atoms with van der Waals surface area (Å²) >= 11 is 1.36. The lowest BCUT2D eigenvalue weighted by Gasteiger charge is -2.17. The third-order valence-corrected chi connectivity index (χ3v) is 5.01. The molecule has 1 heterocycles. The second-order valence-corrected chi connectivity index (χ2v) is 6.99. The standard InChI is InChI=1S/C21H17F3O2S/c1-14(26-13-15-6-4-7-16(12-15)21(22,23)24)17-8-2-3-9-18(17)20(25)19-10-5-11-27-19/h2-12,14H,13H2,1H3. The molecule has 27 heavy (non-hydrogen) atoms. The average Bonchev–Trinajstić information content (AvgIpc) is 3.20. The molecule has 1 aromatic heterocycles. The van der Waals surface area contributed by atoms with Crippen molar-refractivity contribution >= 4 is 17.1 Å². The first-order chi connectivity index (χ1) is 12.9. The van der Waals surface area contributed by atoms with Crippen molar-refractivity contribution in [3.05, 3.63) is 93.2 Å². The number of carbonyl (C=O) groups is 1. The minimum absolute atomic E-state index is 0.0204. The van der Waals surface area contributed by atoms with E-state index >= 15 is 0 Å². The van der Waals surface area contributed by atoms with E-state index in [9.17, 15) is 18.0 Å². The fourth-order valence-electron chi connectivity index (χ4n) is 2.75. The molecule has 0 bridgehead atoms. The fraction of sp³-hybridized carbons (Fsp3) is 0.190. The molecule has 6 heteroatoms. The second kappa shape index (κ2) is 8.06. The van der Waals surface area contributed by atoms with E-state index < -0.39 is 17.8 Å². The lowest BCUT2D eigenvalue weighted by atomic mass is 9.99. The second-order valence-electron chi connectivity index (χ2n) is 6.05. The normalized spacial score (nSPS) is 12.7. The zero-order valence-electron chi connectivity index (χ0n) is 14.5. The van der Waals surface area contributed by atoms with Crippen molar-refractivity contribution in [1.82, 2.24) is 0 Å². The van der Waals surface area contributed by atoms with Gasteiger partial charge in [-0.15, -0.1) is 11.3 Å². The highest BCUT2D eigenvalue weighted by atomic mass is 32.1. The number of thiophene rings is 1. The Morgan fingerprint density at radius 1 is 1.07 bits per heavy atom. The first-order valence-corrected chi connectivity index (χ1v) is 9.19. The summed E-state index contributed by atoms with van der Waals surface area (Å²) in [4.78, 5) is 13.3. The average molecular weight is 390 g/mol. The van der Waals surface area contributed by atoms with Crippen LogP contribution in [0.3, 0.4) is 0 Å². The van der Waals surface area contributed by atoms with E-state index in [-0.39, 0.29) is 12.4 Å². The summed E-state index contributed by atoms with van der Waals surface area (Å²) in [6.45, 7) is 1.81. The van der Waals surface area contributed by atoms with Crippen LogP contribution < -0.4 is 0 Å². The molecule has 0 aliphatic heterocycles. The molecule has 2 nitrogen and oxygen atoms in total. The highest BCUT2D eigenvalue weighted by molar-refractivity contribution is 7.12. The topological polar surface area (TPSA) is 26.3 Å². The van der Waals surface area contributed by atoms with Gasteiger partial charge in [-0.05, 0) is 41.6 Å². The van der Waals surface area contributed by atoms with E-state index in [2.05, 4.69) is 0 Å². The van der Waals surface area contributed by atoms with E-state index in [1.807, 2.05) is 17.5 Å². The molecule has 0 N–H and O–H groups in total. The van der Waals surface area contributed by atoms with Crippen LogP contribution in [0.25, 0.3) is 0 Å². The van der Waals surface area contributed by atoms with Crippen molar-refractivity contribution < 1.29 is 22.7 Å². The number of ketones is 1. The molecule has 0 saturated carbocycles. The Morgan fingerprint density at radius 3 is 2.56 bits per heavy atom. The number of benzene rings is 2. The van der Waals surface area contributed by atoms with Crippen LogP contribution in [-0.4, -0.2) is 5.78 Å². The third kappa shape index (κ3) is 4.64. The Morgan fingerprint density at radius 2 is 1.85 bits per heavy atom. The Labute approximate surface area is 159 Å². The maximum Gasteiger partial charge on any atom is 0.416 e. The number of hydrogen-bond acceptors (Lipinski definition) is 3. The van der Waals surface area contributed by atoms with Gasteiger partial charge < -0.3 is 4.74 Å². The smallest absolute Gasteiger partial charge is 0.369 e. The summed E-state index contributed by atoms with van der Waals surface area (Å²) in [5.41, 5.74) is 0.975. The SMILES string of the molecule is CC(OCc1cccc(C(F)(F)F)c1)c1ccccc1C(=O)c1cccs1. The van der Waals surface area contributed by atoms with E-state index in [1.54, 1.807) is 37.3 Å². The minimum Gasteiger partial charge on any atom is -0.369 e.